The average molecular weight is 449 g/mol. The lowest BCUT2D eigenvalue weighted by molar-refractivity contribution is -0.192. The van der Waals surface area contributed by atoms with Crippen molar-refractivity contribution in [1.29, 1.82) is 0 Å². The molecular weight excluding hydrogens is 413 g/mol. The molecule has 2 fully saturated rings. The second-order valence-corrected chi connectivity index (χ2v) is 9.52. The van der Waals surface area contributed by atoms with Gasteiger partial charge in [-0.05, 0) is 63.1 Å². The lowest BCUT2D eigenvalue weighted by Gasteiger charge is -2.37. The minimum Gasteiger partial charge on any atom is -0.475 e. The first-order valence-electron chi connectivity index (χ1n) is 10.7. The van der Waals surface area contributed by atoms with E-state index in [1.807, 2.05) is 7.05 Å². The quantitative estimate of drug-likeness (QED) is 0.617. The fraction of sp³-hybridized carbons (Fsp3) is 0.810. The topological polar surface area (TPSA) is 90.5 Å². The van der Waals surface area contributed by atoms with Gasteiger partial charge in [-0.3, -0.25) is 10.00 Å². The zero-order chi connectivity index (χ0) is 23.3. The summed E-state index contributed by atoms with van der Waals surface area (Å²) in [4.78, 5) is 11.2. The SMILES string of the molecule is CNCCN(C)Cc1n[nH]cc1[C@H]1CC[C@]2(CC1)CC(C)(C)CO2.O=C(O)C(F)(F)F. The number of carboxylic acids is 1. The molecule has 2 aliphatic rings. The minimum atomic E-state index is -5.08. The highest BCUT2D eigenvalue weighted by Gasteiger charge is 2.46. The van der Waals surface area contributed by atoms with Crippen LogP contribution in [-0.4, -0.2) is 71.7 Å². The van der Waals surface area contributed by atoms with E-state index in [0.717, 1.165) is 26.2 Å². The molecule has 1 saturated heterocycles. The second kappa shape index (κ2) is 10.3. The summed E-state index contributed by atoms with van der Waals surface area (Å²) in [6.45, 7) is 8.57. The molecule has 7 nitrogen and oxygen atoms in total. The van der Waals surface area contributed by atoms with Gasteiger partial charge in [-0.1, -0.05) is 13.8 Å². The monoisotopic (exact) mass is 448 g/mol. The molecule has 3 rings (SSSR count). The summed E-state index contributed by atoms with van der Waals surface area (Å²) < 4.78 is 38.0. The average Bonchev–Trinajstić information content (AvgIpc) is 3.24. The Labute approximate surface area is 181 Å². The Bertz CT molecular complexity index is 713. The number of aromatic amines is 1. The number of carboxylic acid groups (broad SMARTS) is 1. The van der Waals surface area contributed by atoms with Crippen molar-refractivity contribution in [2.24, 2.45) is 5.41 Å². The van der Waals surface area contributed by atoms with Gasteiger partial charge in [0.25, 0.3) is 0 Å². The number of likely N-dealkylation sites (N-methyl/N-ethyl adjacent to an activating group) is 2. The fourth-order valence-corrected chi connectivity index (χ4v) is 4.54. The van der Waals surface area contributed by atoms with Crippen LogP contribution in [0.3, 0.4) is 0 Å². The third kappa shape index (κ3) is 7.47. The summed E-state index contributed by atoms with van der Waals surface area (Å²) in [7, 11) is 4.16. The maximum Gasteiger partial charge on any atom is 0.490 e. The van der Waals surface area contributed by atoms with E-state index in [0.29, 0.717) is 11.3 Å². The molecule has 1 saturated carbocycles. The highest BCUT2D eigenvalue weighted by molar-refractivity contribution is 5.73. The number of halogens is 3. The normalized spacial score (nSPS) is 25.5. The van der Waals surface area contributed by atoms with Crippen molar-refractivity contribution in [3.8, 4) is 0 Å². The van der Waals surface area contributed by atoms with Gasteiger partial charge < -0.3 is 15.2 Å². The predicted octanol–water partition coefficient (Wildman–Crippen LogP) is 3.54. The number of carbonyl (C=O) groups is 1. The molecule has 1 aliphatic heterocycles. The Balaban J connectivity index is 0.000000423. The third-order valence-corrected chi connectivity index (χ3v) is 6.06. The van der Waals surface area contributed by atoms with Gasteiger partial charge in [0.05, 0.1) is 17.9 Å². The van der Waals surface area contributed by atoms with E-state index in [1.165, 1.54) is 43.4 Å². The van der Waals surface area contributed by atoms with Crippen molar-refractivity contribution in [3.63, 3.8) is 0 Å². The summed E-state index contributed by atoms with van der Waals surface area (Å²) in [5.74, 6) is -2.12. The number of nitrogens with one attached hydrogen (secondary N) is 2. The molecule has 0 amide bonds. The van der Waals surface area contributed by atoms with Crippen molar-refractivity contribution < 1.29 is 27.8 Å². The van der Waals surface area contributed by atoms with Crippen LogP contribution in [0.1, 0.15) is 63.1 Å². The predicted molar refractivity (Wildman–Crippen MR) is 111 cm³/mol. The number of alkyl halides is 3. The largest absolute Gasteiger partial charge is 0.490 e. The molecule has 1 aromatic rings. The molecule has 178 valence electrons. The first-order valence-corrected chi connectivity index (χ1v) is 10.7. The van der Waals surface area contributed by atoms with Crippen LogP contribution in [0.2, 0.25) is 0 Å². The van der Waals surface area contributed by atoms with E-state index in [-0.39, 0.29) is 5.60 Å². The van der Waals surface area contributed by atoms with Gasteiger partial charge >= 0.3 is 12.1 Å². The minimum absolute atomic E-state index is 0.160. The van der Waals surface area contributed by atoms with Crippen molar-refractivity contribution in [2.75, 3.05) is 33.8 Å². The zero-order valence-electron chi connectivity index (χ0n) is 18.8. The van der Waals surface area contributed by atoms with Crippen LogP contribution >= 0.6 is 0 Å². The van der Waals surface area contributed by atoms with E-state index in [9.17, 15) is 13.2 Å². The Hall–Kier alpha value is -1.65. The van der Waals surface area contributed by atoms with Gasteiger partial charge in [-0.2, -0.15) is 18.3 Å². The number of hydrogen-bond acceptors (Lipinski definition) is 5. The Morgan fingerprint density at radius 1 is 1.39 bits per heavy atom. The number of ether oxygens (including phenoxy) is 1. The van der Waals surface area contributed by atoms with Gasteiger partial charge in [0.1, 0.15) is 0 Å². The number of H-pyrrole nitrogens is 1. The summed E-state index contributed by atoms with van der Waals surface area (Å²) in [6.07, 6.45) is 3.11. The lowest BCUT2D eigenvalue weighted by atomic mass is 9.72. The van der Waals surface area contributed by atoms with Gasteiger partial charge in [-0.15, -0.1) is 0 Å². The highest BCUT2D eigenvalue weighted by Crippen LogP contribution is 2.50. The van der Waals surface area contributed by atoms with E-state index in [2.05, 4.69) is 47.5 Å². The summed E-state index contributed by atoms with van der Waals surface area (Å²) >= 11 is 0. The Morgan fingerprint density at radius 2 is 2.00 bits per heavy atom. The van der Waals surface area contributed by atoms with Crippen LogP contribution < -0.4 is 5.32 Å². The van der Waals surface area contributed by atoms with Crippen LogP contribution in [0, 0.1) is 5.41 Å². The Morgan fingerprint density at radius 3 is 2.48 bits per heavy atom. The smallest absolute Gasteiger partial charge is 0.475 e. The van der Waals surface area contributed by atoms with Crippen LogP contribution in [0.15, 0.2) is 6.20 Å². The molecule has 31 heavy (non-hydrogen) atoms. The van der Waals surface area contributed by atoms with Gasteiger partial charge in [0.2, 0.25) is 0 Å². The molecule has 1 spiro atoms. The van der Waals surface area contributed by atoms with Crippen molar-refractivity contribution in [3.05, 3.63) is 17.5 Å². The molecule has 1 aromatic heterocycles. The molecule has 2 heterocycles. The van der Waals surface area contributed by atoms with E-state index in [4.69, 9.17) is 14.6 Å². The molecule has 0 radical (unpaired) electrons. The molecular formula is C21H35F3N4O3. The van der Waals surface area contributed by atoms with E-state index < -0.39 is 12.1 Å². The molecule has 0 atom stereocenters. The summed E-state index contributed by atoms with van der Waals surface area (Å²) in [6, 6.07) is 0. The second-order valence-electron chi connectivity index (χ2n) is 9.52. The molecule has 0 unspecified atom stereocenters. The maximum absolute atomic E-state index is 10.6. The number of nitrogens with zero attached hydrogens (tertiary/aromatic N) is 2. The molecule has 0 aromatic carbocycles. The molecule has 3 N–H and O–H groups in total. The van der Waals surface area contributed by atoms with E-state index >= 15 is 0 Å². The van der Waals surface area contributed by atoms with Crippen LogP contribution in [0.4, 0.5) is 13.2 Å². The first-order chi connectivity index (χ1) is 14.4. The summed E-state index contributed by atoms with van der Waals surface area (Å²) in [5.41, 5.74) is 3.16. The van der Waals surface area contributed by atoms with Crippen LogP contribution in [0.5, 0.6) is 0 Å². The molecule has 0 bridgehead atoms. The van der Waals surface area contributed by atoms with Crippen molar-refractivity contribution >= 4 is 5.97 Å². The first kappa shape index (κ1) is 25.6. The fourth-order valence-electron chi connectivity index (χ4n) is 4.54. The number of hydrogen-bond donors (Lipinski definition) is 3. The summed E-state index contributed by atoms with van der Waals surface area (Å²) in [5, 5.41) is 18.0. The number of rotatable bonds is 6. The maximum atomic E-state index is 10.6. The van der Waals surface area contributed by atoms with Crippen LogP contribution in [0.25, 0.3) is 0 Å². The Kier molecular flexibility index (Phi) is 8.52. The third-order valence-electron chi connectivity index (χ3n) is 6.06. The number of aromatic nitrogens is 2. The zero-order valence-corrected chi connectivity index (χ0v) is 18.8. The van der Waals surface area contributed by atoms with Crippen LogP contribution in [-0.2, 0) is 16.1 Å². The van der Waals surface area contributed by atoms with Crippen molar-refractivity contribution in [2.45, 2.75) is 70.2 Å². The van der Waals surface area contributed by atoms with Crippen molar-refractivity contribution in [1.82, 2.24) is 20.4 Å². The van der Waals surface area contributed by atoms with Gasteiger partial charge in [0, 0.05) is 25.8 Å². The standard InChI is InChI=1S/C19H34N4O.C2HF3O2/c1-18(2)13-19(24-14-18)7-5-15(6-8-19)16-11-21-22-17(16)12-23(4)10-9-20-3;3-2(4,5)1(6)7/h11,15,20H,5-10,12-14H2,1-4H3,(H,21,22);(H,6,7)/t15-,19-;. The van der Waals surface area contributed by atoms with Gasteiger partial charge in [-0.25, -0.2) is 4.79 Å². The molecule has 10 heteroatoms. The van der Waals surface area contributed by atoms with E-state index in [1.54, 1.807) is 0 Å². The lowest BCUT2D eigenvalue weighted by Crippen LogP contribution is -2.33. The number of aliphatic carboxylic acids is 1. The van der Waals surface area contributed by atoms with Gasteiger partial charge in [0.15, 0.2) is 0 Å². The molecule has 1 aliphatic carbocycles. The highest BCUT2D eigenvalue weighted by atomic mass is 19.4.